The molecule has 0 spiro atoms. The van der Waals surface area contributed by atoms with Crippen LogP contribution in [0.25, 0.3) is 0 Å². The largest absolute Gasteiger partial charge is 0.495 e. The van der Waals surface area contributed by atoms with Gasteiger partial charge in [-0.2, -0.15) is 0 Å². The minimum Gasteiger partial charge on any atom is -0.495 e. The summed E-state index contributed by atoms with van der Waals surface area (Å²) < 4.78 is 58.7. The average molecular weight is 490 g/mol. The van der Waals surface area contributed by atoms with Crippen molar-refractivity contribution in [3.8, 4) is 5.75 Å². The molecule has 0 radical (unpaired) electrons. The van der Waals surface area contributed by atoms with Crippen LogP contribution in [0.4, 0.5) is 11.4 Å². The van der Waals surface area contributed by atoms with Crippen LogP contribution in [-0.2, 0) is 20.0 Å². The van der Waals surface area contributed by atoms with E-state index in [2.05, 4.69) is 10.0 Å². The zero-order valence-electron chi connectivity index (χ0n) is 18.1. The number of ether oxygens (including phenoxy) is 1. The van der Waals surface area contributed by atoms with Gasteiger partial charge in [0.1, 0.15) is 5.75 Å². The number of hydrogen-bond acceptors (Lipinski definition) is 6. The Hall–Kier alpha value is -3.41. The molecule has 0 saturated heterocycles. The molecule has 0 aliphatic rings. The molecule has 2 N–H and O–H groups in total. The zero-order chi connectivity index (χ0) is 24.2. The number of carbonyl (C=O) groups excluding carboxylic acids is 1. The second-order valence-corrected chi connectivity index (χ2v) is 10.9. The van der Waals surface area contributed by atoms with Crippen LogP contribution in [0, 0.1) is 0 Å². The van der Waals surface area contributed by atoms with Crippen LogP contribution in [0.2, 0.25) is 0 Å². The first-order valence-corrected chi connectivity index (χ1v) is 12.6. The van der Waals surface area contributed by atoms with Gasteiger partial charge in [0.2, 0.25) is 10.0 Å². The Morgan fingerprint density at radius 3 is 2.15 bits per heavy atom. The first-order valence-electron chi connectivity index (χ1n) is 9.64. The van der Waals surface area contributed by atoms with Crippen molar-refractivity contribution in [2.45, 2.75) is 9.79 Å². The van der Waals surface area contributed by atoms with E-state index in [1.54, 1.807) is 30.3 Å². The molecule has 0 aliphatic heterocycles. The van der Waals surface area contributed by atoms with E-state index in [1.165, 1.54) is 63.7 Å². The molecule has 0 aliphatic carbocycles. The second kappa shape index (κ2) is 9.61. The molecule has 0 saturated carbocycles. The van der Waals surface area contributed by atoms with Crippen LogP contribution >= 0.6 is 0 Å². The number of sulfonamides is 2. The minimum absolute atomic E-state index is 0.0551. The summed E-state index contributed by atoms with van der Waals surface area (Å²) in [5, 5.41) is 2.62. The lowest BCUT2D eigenvalue weighted by Gasteiger charge is -2.13. The second-order valence-electron chi connectivity index (χ2n) is 7.10. The van der Waals surface area contributed by atoms with E-state index in [0.717, 1.165) is 4.31 Å². The maximum atomic E-state index is 12.8. The van der Waals surface area contributed by atoms with Crippen molar-refractivity contribution in [1.29, 1.82) is 0 Å². The number of carbonyl (C=O) groups is 1. The van der Waals surface area contributed by atoms with E-state index < -0.39 is 26.0 Å². The Bertz CT molecular complexity index is 1370. The van der Waals surface area contributed by atoms with Gasteiger partial charge >= 0.3 is 0 Å². The lowest BCUT2D eigenvalue weighted by molar-refractivity contribution is 0.102. The molecule has 0 unspecified atom stereocenters. The molecular formula is C22H23N3O6S2. The van der Waals surface area contributed by atoms with Gasteiger partial charge in [0.15, 0.2) is 0 Å². The smallest absolute Gasteiger partial charge is 0.262 e. The van der Waals surface area contributed by atoms with Crippen molar-refractivity contribution < 1.29 is 26.4 Å². The maximum absolute atomic E-state index is 12.8. The first kappa shape index (κ1) is 24.2. The third-order valence-corrected chi connectivity index (χ3v) is 7.84. The third kappa shape index (κ3) is 5.51. The van der Waals surface area contributed by atoms with Crippen molar-refractivity contribution in [2.24, 2.45) is 0 Å². The molecule has 0 heterocycles. The van der Waals surface area contributed by atoms with Crippen LogP contribution in [-0.4, -0.2) is 48.3 Å². The van der Waals surface area contributed by atoms with Crippen LogP contribution in [0.15, 0.2) is 82.6 Å². The zero-order valence-corrected chi connectivity index (χ0v) is 19.8. The maximum Gasteiger partial charge on any atom is 0.262 e. The fourth-order valence-electron chi connectivity index (χ4n) is 2.87. The van der Waals surface area contributed by atoms with Gasteiger partial charge in [0, 0.05) is 25.3 Å². The molecule has 0 fully saturated rings. The van der Waals surface area contributed by atoms with Crippen molar-refractivity contribution in [1.82, 2.24) is 4.31 Å². The molecule has 11 heteroatoms. The van der Waals surface area contributed by atoms with E-state index >= 15 is 0 Å². The van der Waals surface area contributed by atoms with Gasteiger partial charge in [0.25, 0.3) is 15.9 Å². The van der Waals surface area contributed by atoms with Crippen LogP contribution < -0.4 is 14.8 Å². The predicted molar refractivity (Wildman–Crippen MR) is 126 cm³/mol. The van der Waals surface area contributed by atoms with Crippen LogP contribution in [0.3, 0.4) is 0 Å². The van der Waals surface area contributed by atoms with E-state index in [0.29, 0.717) is 5.75 Å². The lowest BCUT2D eigenvalue weighted by atomic mass is 10.2. The number of para-hydroxylation sites is 2. The molecule has 1 amide bonds. The first-order chi connectivity index (χ1) is 15.5. The average Bonchev–Trinajstić information content (AvgIpc) is 2.79. The fraction of sp³-hybridized carbons (Fsp3) is 0.136. The van der Waals surface area contributed by atoms with Gasteiger partial charge < -0.3 is 10.1 Å². The van der Waals surface area contributed by atoms with E-state index in [-0.39, 0.29) is 26.7 Å². The summed E-state index contributed by atoms with van der Waals surface area (Å²) in [5.41, 5.74) is 0.753. The van der Waals surface area contributed by atoms with Crippen molar-refractivity contribution in [3.05, 3.63) is 78.4 Å². The number of nitrogens with zero attached hydrogens (tertiary/aromatic N) is 1. The number of amides is 1. The highest BCUT2D eigenvalue weighted by Gasteiger charge is 2.19. The summed E-state index contributed by atoms with van der Waals surface area (Å²) in [6, 6.07) is 17.8. The summed E-state index contributed by atoms with van der Waals surface area (Å²) in [4.78, 5) is 12.6. The van der Waals surface area contributed by atoms with Crippen molar-refractivity contribution >= 4 is 37.3 Å². The summed E-state index contributed by atoms with van der Waals surface area (Å²) >= 11 is 0. The standard InChI is InChI=1S/C22H23N3O6S2/c1-25(2)33(29,30)18-13-11-16(12-14-18)22(26)23-17-7-6-8-19(15-17)32(27,28)24-20-9-4-5-10-21(20)31-3/h4-15,24H,1-3H3,(H,23,26). The number of benzene rings is 3. The van der Waals surface area contributed by atoms with Gasteiger partial charge in [-0.1, -0.05) is 18.2 Å². The Labute approximate surface area is 193 Å². The number of nitrogens with one attached hydrogen (secondary N) is 2. The summed E-state index contributed by atoms with van der Waals surface area (Å²) in [6.45, 7) is 0. The van der Waals surface area contributed by atoms with E-state index in [9.17, 15) is 21.6 Å². The summed E-state index contributed by atoms with van der Waals surface area (Å²) in [5.74, 6) is -0.152. The van der Waals surface area contributed by atoms with Crippen molar-refractivity contribution in [2.75, 3.05) is 31.2 Å². The van der Waals surface area contributed by atoms with E-state index in [4.69, 9.17) is 4.74 Å². The van der Waals surface area contributed by atoms with Gasteiger partial charge in [0.05, 0.1) is 22.6 Å². The number of hydrogen-bond donors (Lipinski definition) is 2. The minimum atomic E-state index is -3.95. The topological polar surface area (TPSA) is 122 Å². The molecular weight excluding hydrogens is 466 g/mol. The highest BCUT2D eigenvalue weighted by atomic mass is 32.2. The Morgan fingerprint density at radius 2 is 1.52 bits per heavy atom. The molecule has 0 atom stereocenters. The molecule has 3 rings (SSSR count). The highest BCUT2D eigenvalue weighted by Crippen LogP contribution is 2.27. The van der Waals surface area contributed by atoms with E-state index in [1.807, 2.05) is 0 Å². The number of methoxy groups -OCH3 is 1. The Kier molecular flexibility index (Phi) is 7.06. The van der Waals surface area contributed by atoms with Crippen molar-refractivity contribution in [3.63, 3.8) is 0 Å². The molecule has 3 aromatic rings. The van der Waals surface area contributed by atoms with Gasteiger partial charge in [-0.05, 0) is 54.6 Å². The third-order valence-electron chi connectivity index (χ3n) is 4.65. The monoisotopic (exact) mass is 489 g/mol. The van der Waals surface area contributed by atoms with Gasteiger partial charge in [-0.15, -0.1) is 0 Å². The van der Waals surface area contributed by atoms with Crippen LogP contribution in [0.5, 0.6) is 5.75 Å². The summed E-state index contributed by atoms with van der Waals surface area (Å²) in [6.07, 6.45) is 0. The lowest BCUT2D eigenvalue weighted by Crippen LogP contribution is -2.22. The number of anilines is 2. The SMILES string of the molecule is COc1ccccc1NS(=O)(=O)c1cccc(NC(=O)c2ccc(S(=O)(=O)N(C)C)cc2)c1. The fourth-order valence-corrected chi connectivity index (χ4v) is 4.88. The molecule has 9 nitrogen and oxygen atoms in total. The molecule has 33 heavy (non-hydrogen) atoms. The molecule has 174 valence electrons. The summed E-state index contributed by atoms with van der Waals surface area (Å²) in [7, 11) is -3.29. The number of rotatable bonds is 8. The predicted octanol–water partition coefficient (Wildman–Crippen LogP) is 3.00. The normalized spacial score (nSPS) is 11.8. The van der Waals surface area contributed by atoms with Gasteiger partial charge in [-0.3, -0.25) is 9.52 Å². The Morgan fingerprint density at radius 1 is 0.848 bits per heavy atom. The van der Waals surface area contributed by atoms with Crippen LogP contribution in [0.1, 0.15) is 10.4 Å². The quantitative estimate of drug-likeness (QED) is 0.502. The molecule has 0 bridgehead atoms. The molecule has 3 aromatic carbocycles. The molecule has 0 aromatic heterocycles. The Balaban J connectivity index is 1.79. The van der Waals surface area contributed by atoms with Gasteiger partial charge in [-0.25, -0.2) is 21.1 Å². The highest BCUT2D eigenvalue weighted by molar-refractivity contribution is 7.92.